The summed E-state index contributed by atoms with van der Waals surface area (Å²) in [5.41, 5.74) is 17.3. The number of nitrogen functional groups attached to an aromatic ring is 1. The van der Waals surface area contributed by atoms with Gasteiger partial charge in [0.15, 0.2) is 11.8 Å². The van der Waals surface area contributed by atoms with Gasteiger partial charge >= 0.3 is 0 Å². The number of nitrogens with two attached hydrogens (primary N) is 1. The zero-order chi connectivity index (χ0) is 36.1. The fourth-order valence-electron chi connectivity index (χ4n) is 11.3. The molecule has 3 aliphatic heterocycles. The number of rotatable bonds is 4. The van der Waals surface area contributed by atoms with Crippen LogP contribution in [0, 0.1) is 11.8 Å². The number of benzene rings is 2. The number of nitrogens with zero attached hydrogens (tertiary/aromatic N) is 1. The third kappa shape index (κ3) is 4.52. The SMILES string of the molecule is CCCc1c(N)oc2c1C(c1ccc3c(c1)Oc1ccccc1C31C3=C(CC(C4CCCc5oc6c(c54)CCCN6C)C=C3)OC3=CC=CCC31)=CCC2. The van der Waals surface area contributed by atoms with Crippen molar-refractivity contribution in [2.75, 3.05) is 24.2 Å². The lowest BCUT2D eigenvalue weighted by atomic mass is 9.55. The summed E-state index contributed by atoms with van der Waals surface area (Å²) in [4.78, 5) is 2.33. The molecule has 0 bridgehead atoms. The van der Waals surface area contributed by atoms with Crippen molar-refractivity contribution >= 4 is 17.3 Å². The molecule has 0 amide bonds. The van der Waals surface area contributed by atoms with E-state index in [0.29, 0.717) is 17.7 Å². The van der Waals surface area contributed by atoms with Crippen molar-refractivity contribution < 1.29 is 18.3 Å². The smallest absolute Gasteiger partial charge is 0.198 e. The van der Waals surface area contributed by atoms with Gasteiger partial charge in [-0.1, -0.05) is 74.1 Å². The summed E-state index contributed by atoms with van der Waals surface area (Å²) in [5, 5.41) is 0. The molecular formula is C48H48N2O4. The summed E-state index contributed by atoms with van der Waals surface area (Å²) in [6.07, 6.45) is 25.2. The van der Waals surface area contributed by atoms with Crippen LogP contribution in [0.3, 0.4) is 0 Å². The third-order valence-corrected chi connectivity index (χ3v) is 13.6. The van der Waals surface area contributed by atoms with Crippen molar-refractivity contribution in [1.29, 1.82) is 0 Å². The molecule has 274 valence electrons. The average molecular weight is 717 g/mol. The molecule has 7 aliphatic rings. The molecule has 2 aromatic carbocycles. The van der Waals surface area contributed by atoms with Gasteiger partial charge in [0.05, 0.1) is 5.41 Å². The summed E-state index contributed by atoms with van der Waals surface area (Å²) in [6, 6.07) is 15.7. The number of furan rings is 2. The molecule has 5 heterocycles. The molecule has 0 saturated carbocycles. The summed E-state index contributed by atoms with van der Waals surface area (Å²) < 4.78 is 26.8. The van der Waals surface area contributed by atoms with Crippen molar-refractivity contribution in [3.05, 3.63) is 146 Å². The minimum Gasteiger partial charge on any atom is -0.465 e. The molecule has 2 N–H and O–H groups in total. The molecule has 4 aromatic rings. The van der Waals surface area contributed by atoms with Crippen LogP contribution in [0.5, 0.6) is 11.5 Å². The van der Waals surface area contributed by atoms with Gasteiger partial charge in [0.25, 0.3) is 0 Å². The summed E-state index contributed by atoms with van der Waals surface area (Å²) in [7, 11) is 2.19. The number of ether oxygens (including phenoxy) is 2. The predicted octanol–water partition coefficient (Wildman–Crippen LogP) is 11.0. The second-order valence-corrected chi connectivity index (χ2v) is 16.5. The van der Waals surface area contributed by atoms with Gasteiger partial charge in [0.1, 0.15) is 34.5 Å². The van der Waals surface area contributed by atoms with Crippen LogP contribution in [0.15, 0.2) is 105 Å². The number of hydrogen-bond donors (Lipinski definition) is 1. The number of anilines is 2. The van der Waals surface area contributed by atoms with E-state index in [1.54, 1.807) is 0 Å². The second kappa shape index (κ2) is 12.2. The van der Waals surface area contributed by atoms with Gasteiger partial charge in [0, 0.05) is 77.7 Å². The van der Waals surface area contributed by atoms with Crippen molar-refractivity contribution in [2.24, 2.45) is 11.8 Å². The highest BCUT2D eigenvalue weighted by Gasteiger charge is 2.56. The van der Waals surface area contributed by atoms with E-state index in [9.17, 15) is 0 Å². The largest absolute Gasteiger partial charge is 0.465 e. The Hall–Kier alpha value is -5.10. The molecule has 4 unspecified atom stereocenters. The quantitative estimate of drug-likeness (QED) is 0.227. The van der Waals surface area contributed by atoms with Crippen LogP contribution >= 0.6 is 0 Å². The van der Waals surface area contributed by atoms with E-state index in [0.717, 1.165) is 110 Å². The Balaban J connectivity index is 1.05. The highest BCUT2D eigenvalue weighted by Crippen LogP contribution is 2.63. The van der Waals surface area contributed by atoms with Gasteiger partial charge in [0.2, 0.25) is 0 Å². The van der Waals surface area contributed by atoms with Crippen LogP contribution in [0.25, 0.3) is 5.57 Å². The van der Waals surface area contributed by atoms with Crippen LogP contribution in [-0.4, -0.2) is 13.6 Å². The van der Waals surface area contributed by atoms with Crippen LogP contribution in [0.2, 0.25) is 0 Å². The number of fused-ring (bicyclic) bond motifs is 11. The lowest BCUT2D eigenvalue weighted by Gasteiger charge is -2.51. The topological polar surface area (TPSA) is 74.0 Å². The van der Waals surface area contributed by atoms with Crippen LogP contribution in [0.1, 0.15) is 108 Å². The maximum atomic E-state index is 7.10. The van der Waals surface area contributed by atoms with Gasteiger partial charge in [-0.3, -0.25) is 0 Å². The average Bonchev–Trinajstić information content (AvgIpc) is 3.75. The van der Waals surface area contributed by atoms with Crippen molar-refractivity contribution in [3.8, 4) is 11.5 Å². The Labute approximate surface area is 317 Å². The Bertz CT molecular complexity index is 2380. The van der Waals surface area contributed by atoms with Crippen molar-refractivity contribution in [2.45, 2.75) is 88.9 Å². The number of para-hydroxylation sites is 1. The lowest BCUT2D eigenvalue weighted by Crippen LogP contribution is -2.46. The first kappa shape index (κ1) is 32.3. The maximum absolute atomic E-state index is 7.10. The minimum absolute atomic E-state index is 0.0974. The minimum atomic E-state index is -0.469. The van der Waals surface area contributed by atoms with E-state index < -0.39 is 5.41 Å². The second-order valence-electron chi connectivity index (χ2n) is 16.5. The first-order chi connectivity index (χ1) is 26.5. The van der Waals surface area contributed by atoms with Crippen molar-refractivity contribution in [1.82, 2.24) is 0 Å². The summed E-state index contributed by atoms with van der Waals surface area (Å²) >= 11 is 0. The lowest BCUT2D eigenvalue weighted by molar-refractivity contribution is 0.159. The van der Waals surface area contributed by atoms with Crippen molar-refractivity contribution in [3.63, 3.8) is 0 Å². The molecule has 54 heavy (non-hydrogen) atoms. The number of allylic oxidation sites excluding steroid dienone is 9. The van der Waals surface area contributed by atoms with E-state index in [2.05, 4.69) is 97.8 Å². The molecule has 11 rings (SSSR count). The monoisotopic (exact) mass is 716 g/mol. The van der Waals surface area contributed by atoms with E-state index >= 15 is 0 Å². The zero-order valence-corrected chi connectivity index (χ0v) is 31.4. The van der Waals surface area contributed by atoms with E-state index in [1.807, 2.05) is 0 Å². The molecule has 4 aliphatic carbocycles. The molecule has 2 aromatic heterocycles. The standard InChI is InChI=1S/C48H48N2O4/c1-3-11-32-44-30(12-8-19-40(44)53-46(32)49)28-21-23-36-42(26-28)51-38-17-6-4-15-34(38)48(36)35-16-5-7-18-39(35)52-43-27-29(22-24-37(43)48)31-13-9-20-41-45(31)33-14-10-25-50(2)47(33)54-41/h4-7,12,15,17-18,21-24,26,29,31,35H,3,8-11,13-14,16,19-20,25,27,49H2,1-2H3. The molecule has 0 saturated heterocycles. The maximum Gasteiger partial charge on any atom is 0.198 e. The van der Waals surface area contributed by atoms with E-state index in [4.69, 9.17) is 24.0 Å². The highest BCUT2D eigenvalue weighted by atomic mass is 16.5. The fourth-order valence-corrected chi connectivity index (χ4v) is 11.3. The van der Waals surface area contributed by atoms with Crippen LogP contribution < -0.4 is 15.4 Å². The molecule has 4 atom stereocenters. The van der Waals surface area contributed by atoms with E-state index in [-0.39, 0.29) is 5.92 Å². The Kier molecular flexibility index (Phi) is 7.31. The summed E-state index contributed by atoms with van der Waals surface area (Å²) in [6.45, 7) is 3.27. The zero-order valence-electron chi connectivity index (χ0n) is 31.4. The van der Waals surface area contributed by atoms with Gasteiger partial charge in [-0.15, -0.1) is 0 Å². The van der Waals surface area contributed by atoms with Crippen LogP contribution in [0.4, 0.5) is 11.8 Å². The molecule has 0 radical (unpaired) electrons. The van der Waals surface area contributed by atoms with E-state index in [1.165, 1.54) is 57.6 Å². The van der Waals surface area contributed by atoms with Crippen LogP contribution in [-0.2, 0) is 35.8 Å². The molecule has 6 heteroatoms. The van der Waals surface area contributed by atoms with Gasteiger partial charge in [-0.05, 0) is 86.1 Å². The number of hydrogen-bond acceptors (Lipinski definition) is 6. The first-order valence-electron chi connectivity index (χ1n) is 20.4. The Morgan fingerprint density at radius 3 is 2.80 bits per heavy atom. The fraction of sp³-hybridized carbons (Fsp3) is 0.375. The normalized spacial score (nSPS) is 26.0. The molecule has 1 spiro atoms. The Morgan fingerprint density at radius 1 is 0.963 bits per heavy atom. The van der Waals surface area contributed by atoms with Gasteiger partial charge < -0.3 is 28.9 Å². The van der Waals surface area contributed by atoms with Gasteiger partial charge in [-0.2, -0.15) is 0 Å². The molecular weight excluding hydrogens is 669 g/mol. The Morgan fingerprint density at radius 2 is 1.87 bits per heavy atom. The number of aryl methyl sites for hydroxylation is 2. The third-order valence-electron chi connectivity index (χ3n) is 13.6. The molecule has 0 fully saturated rings. The first-order valence-corrected chi connectivity index (χ1v) is 20.4. The highest BCUT2D eigenvalue weighted by molar-refractivity contribution is 5.86. The molecule has 6 nitrogen and oxygen atoms in total. The predicted molar refractivity (Wildman–Crippen MR) is 213 cm³/mol. The summed E-state index contributed by atoms with van der Waals surface area (Å²) in [5.74, 6) is 8.77. The van der Waals surface area contributed by atoms with Gasteiger partial charge in [-0.25, -0.2) is 0 Å².